The SMILES string of the molecule is COc1ccc(O[C@@H]2CCN(C(=O)c3cncnc3)C2)cc1. The topological polar surface area (TPSA) is 64.6 Å². The summed E-state index contributed by atoms with van der Waals surface area (Å²) in [5.74, 6) is 1.52. The van der Waals surface area contributed by atoms with Crippen LogP contribution in [0.4, 0.5) is 0 Å². The second-order valence-corrected chi connectivity index (χ2v) is 5.08. The smallest absolute Gasteiger partial charge is 0.257 e. The van der Waals surface area contributed by atoms with Crippen molar-refractivity contribution in [1.29, 1.82) is 0 Å². The molecule has 1 fully saturated rings. The molecule has 1 aliphatic heterocycles. The Morgan fingerprint density at radius 3 is 2.55 bits per heavy atom. The van der Waals surface area contributed by atoms with Gasteiger partial charge in [-0.3, -0.25) is 4.79 Å². The molecule has 3 rings (SSSR count). The van der Waals surface area contributed by atoms with Crippen LogP contribution in [0.2, 0.25) is 0 Å². The lowest BCUT2D eigenvalue weighted by atomic mass is 10.3. The molecule has 0 radical (unpaired) electrons. The van der Waals surface area contributed by atoms with Crippen LogP contribution in [-0.4, -0.2) is 47.1 Å². The molecule has 0 unspecified atom stereocenters. The first-order valence-corrected chi connectivity index (χ1v) is 7.11. The van der Waals surface area contributed by atoms with Crippen molar-refractivity contribution in [3.05, 3.63) is 48.5 Å². The van der Waals surface area contributed by atoms with Crippen molar-refractivity contribution in [1.82, 2.24) is 14.9 Å². The highest BCUT2D eigenvalue weighted by molar-refractivity contribution is 5.93. The molecule has 0 saturated carbocycles. The largest absolute Gasteiger partial charge is 0.497 e. The Kier molecular flexibility index (Phi) is 4.18. The molecule has 0 bridgehead atoms. The van der Waals surface area contributed by atoms with Crippen LogP contribution in [0.15, 0.2) is 43.0 Å². The molecule has 2 heterocycles. The number of hydrogen-bond acceptors (Lipinski definition) is 5. The van der Waals surface area contributed by atoms with Crippen LogP contribution in [0.5, 0.6) is 11.5 Å². The number of methoxy groups -OCH3 is 1. The maximum Gasteiger partial charge on any atom is 0.257 e. The molecule has 1 aromatic carbocycles. The van der Waals surface area contributed by atoms with E-state index >= 15 is 0 Å². The number of benzene rings is 1. The zero-order chi connectivity index (χ0) is 15.4. The van der Waals surface area contributed by atoms with Crippen molar-refractivity contribution in [2.75, 3.05) is 20.2 Å². The first kappa shape index (κ1) is 14.3. The predicted molar refractivity (Wildman–Crippen MR) is 80.0 cm³/mol. The summed E-state index contributed by atoms with van der Waals surface area (Å²) in [4.78, 5) is 21.8. The van der Waals surface area contributed by atoms with Crippen molar-refractivity contribution in [3.8, 4) is 11.5 Å². The maximum absolute atomic E-state index is 12.3. The van der Waals surface area contributed by atoms with E-state index in [0.29, 0.717) is 18.7 Å². The van der Waals surface area contributed by atoms with E-state index in [1.165, 1.54) is 18.7 Å². The molecule has 1 aromatic heterocycles. The Morgan fingerprint density at radius 2 is 1.86 bits per heavy atom. The normalized spacial score (nSPS) is 17.3. The van der Waals surface area contributed by atoms with Gasteiger partial charge in [0, 0.05) is 25.4 Å². The second-order valence-electron chi connectivity index (χ2n) is 5.08. The third kappa shape index (κ3) is 3.16. The Labute approximate surface area is 128 Å². The summed E-state index contributed by atoms with van der Waals surface area (Å²) in [5, 5.41) is 0. The fraction of sp³-hybridized carbons (Fsp3) is 0.312. The van der Waals surface area contributed by atoms with E-state index in [9.17, 15) is 4.79 Å². The molecule has 0 N–H and O–H groups in total. The van der Waals surface area contributed by atoms with Gasteiger partial charge in [0.15, 0.2) is 0 Å². The van der Waals surface area contributed by atoms with Crippen molar-refractivity contribution in [3.63, 3.8) is 0 Å². The van der Waals surface area contributed by atoms with Crippen molar-refractivity contribution in [2.24, 2.45) is 0 Å². The highest BCUT2D eigenvalue weighted by Crippen LogP contribution is 2.22. The third-order valence-corrected chi connectivity index (χ3v) is 3.60. The minimum Gasteiger partial charge on any atom is -0.497 e. The van der Waals surface area contributed by atoms with Crippen LogP contribution in [0.3, 0.4) is 0 Å². The van der Waals surface area contributed by atoms with Gasteiger partial charge in [0.1, 0.15) is 23.9 Å². The van der Waals surface area contributed by atoms with E-state index in [1.54, 1.807) is 12.0 Å². The number of carbonyl (C=O) groups is 1. The summed E-state index contributed by atoms with van der Waals surface area (Å²) in [6.45, 7) is 1.24. The first-order chi connectivity index (χ1) is 10.8. The monoisotopic (exact) mass is 299 g/mol. The molecule has 6 nitrogen and oxygen atoms in total. The molecular weight excluding hydrogens is 282 g/mol. The highest BCUT2D eigenvalue weighted by Gasteiger charge is 2.28. The van der Waals surface area contributed by atoms with Crippen LogP contribution >= 0.6 is 0 Å². The fourth-order valence-electron chi connectivity index (χ4n) is 2.45. The van der Waals surface area contributed by atoms with Gasteiger partial charge in [-0.15, -0.1) is 0 Å². The van der Waals surface area contributed by atoms with Gasteiger partial charge in [-0.25, -0.2) is 9.97 Å². The van der Waals surface area contributed by atoms with Gasteiger partial charge in [-0.1, -0.05) is 0 Å². The summed E-state index contributed by atoms with van der Waals surface area (Å²) in [5.41, 5.74) is 0.507. The molecule has 114 valence electrons. The number of ether oxygens (including phenoxy) is 2. The summed E-state index contributed by atoms with van der Waals surface area (Å²) >= 11 is 0. The lowest BCUT2D eigenvalue weighted by molar-refractivity contribution is 0.0771. The van der Waals surface area contributed by atoms with Crippen LogP contribution in [0.1, 0.15) is 16.8 Å². The predicted octanol–water partition coefficient (Wildman–Crippen LogP) is 1.78. The average Bonchev–Trinajstić information content (AvgIpc) is 3.04. The molecule has 1 aliphatic rings. The van der Waals surface area contributed by atoms with Gasteiger partial charge in [-0.2, -0.15) is 0 Å². The molecule has 1 atom stereocenters. The number of rotatable bonds is 4. The van der Waals surface area contributed by atoms with Crippen LogP contribution in [0.25, 0.3) is 0 Å². The quantitative estimate of drug-likeness (QED) is 0.861. The maximum atomic E-state index is 12.3. The number of aromatic nitrogens is 2. The van der Waals surface area contributed by atoms with E-state index in [-0.39, 0.29) is 12.0 Å². The Hall–Kier alpha value is -2.63. The molecule has 0 spiro atoms. The standard InChI is InChI=1S/C16H17N3O3/c1-21-13-2-4-14(5-3-13)22-15-6-7-19(10-15)16(20)12-8-17-11-18-9-12/h2-5,8-9,11,15H,6-7,10H2,1H3/t15-/m1/s1. The second kappa shape index (κ2) is 6.43. The zero-order valence-electron chi connectivity index (χ0n) is 12.3. The number of likely N-dealkylation sites (tertiary alicyclic amines) is 1. The minimum atomic E-state index is -0.0542. The number of carbonyl (C=O) groups excluding carboxylic acids is 1. The average molecular weight is 299 g/mol. The van der Waals surface area contributed by atoms with E-state index in [4.69, 9.17) is 9.47 Å². The fourth-order valence-corrected chi connectivity index (χ4v) is 2.45. The Morgan fingerprint density at radius 1 is 1.18 bits per heavy atom. The lowest BCUT2D eigenvalue weighted by Gasteiger charge is -2.17. The van der Waals surface area contributed by atoms with Crippen LogP contribution in [0, 0.1) is 0 Å². The molecule has 1 amide bonds. The molecule has 6 heteroatoms. The Bertz CT molecular complexity index is 631. The first-order valence-electron chi connectivity index (χ1n) is 7.11. The highest BCUT2D eigenvalue weighted by atomic mass is 16.5. The van der Waals surface area contributed by atoms with E-state index in [2.05, 4.69) is 9.97 Å². The third-order valence-electron chi connectivity index (χ3n) is 3.60. The van der Waals surface area contributed by atoms with E-state index in [0.717, 1.165) is 17.9 Å². The number of hydrogen-bond donors (Lipinski definition) is 0. The minimum absolute atomic E-state index is 0.00183. The van der Waals surface area contributed by atoms with Gasteiger partial charge in [0.2, 0.25) is 0 Å². The van der Waals surface area contributed by atoms with Gasteiger partial charge in [-0.05, 0) is 24.3 Å². The molecule has 2 aromatic rings. The van der Waals surface area contributed by atoms with E-state index < -0.39 is 0 Å². The van der Waals surface area contributed by atoms with Crippen molar-refractivity contribution in [2.45, 2.75) is 12.5 Å². The lowest BCUT2D eigenvalue weighted by Crippen LogP contribution is -2.31. The van der Waals surface area contributed by atoms with Gasteiger partial charge < -0.3 is 14.4 Å². The number of nitrogens with zero attached hydrogens (tertiary/aromatic N) is 3. The molecular formula is C16H17N3O3. The molecule has 22 heavy (non-hydrogen) atoms. The van der Waals surface area contributed by atoms with Crippen molar-refractivity contribution >= 4 is 5.91 Å². The van der Waals surface area contributed by atoms with Gasteiger partial charge >= 0.3 is 0 Å². The van der Waals surface area contributed by atoms with Crippen molar-refractivity contribution < 1.29 is 14.3 Å². The molecule has 0 aliphatic carbocycles. The van der Waals surface area contributed by atoms with Gasteiger partial charge in [0.05, 0.1) is 19.2 Å². The van der Waals surface area contributed by atoms with Crippen LogP contribution < -0.4 is 9.47 Å². The van der Waals surface area contributed by atoms with E-state index in [1.807, 2.05) is 24.3 Å². The summed E-state index contributed by atoms with van der Waals surface area (Å²) < 4.78 is 11.0. The zero-order valence-corrected chi connectivity index (χ0v) is 12.3. The number of amides is 1. The molecule has 1 saturated heterocycles. The summed E-state index contributed by atoms with van der Waals surface area (Å²) in [6.07, 6.45) is 5.30. The Balaban J connectivity index is 1.59. The van der Waals surface area contributed by atoms with Crippen LogP contribution in [-0.2, 0) is 0 Å². The van der Waals surface area contributed by atoms with Gasteiger partial charge in [0.25, 0.3) is 5.91 Å². The summed E-state index contributed by atoms with van der Waals surface area (Å²) in [7, 11) is 1.63. The summed E-state index contributed by atoms with van der Waals surface area (Å²) in [6, 6.07) is 7.45.